The monoisotopic (exact) mass is 408 g/mol. The largest absolute Gasteiger partial charge is 0.466 e. The number of hydrogen-bond acceptors (Lipinski definition) is 5. The van der Waals surface area contributed by atoms with Gasteiger partial charge in [-0.1, -0.05) is 23.4 Å². The minimum atomic E-state index is -0.165. The van der Waals surface area contributed by atoms with Crippen molar-refractivity contribution in [3.63, 3.8) is 0 Å². The van der Waals surface area contributed by atoms with E-state index >= 15 is 0 Å². The molecule has 1 N–H and O–H groups in total. The molecule has 6 heteroatoms. The van der Waals surface area contributed by atoms with Gasteiger partial charge >= 0.3 is 5.97 Å². The van der Waals surface area contributed by atoms with Crippen LogP contribution in [0.3, 0.4) is 0 Å². The molecule has 6 nitrogen and oxygen atoms in total. The SMILES string of the molecule is CCON=Cc1ccc(C(=O)Nc2ccc3c(c2)CC(CC(=O)OCC)CC3)cc1. The number of amides is 1. The molecule has 0 heterocycles. The number of nitrogens with zero attached hydrogens (tertiary/aromatic N) is 1. The Hall–Kier alpha value is -3.15. The van der Waals surface area contributed by atoms with Crippen molar-refractivity contribution < 1.29 is 19.2 Å². The Labute approximate surface area is 177 Å². The Morgan fingerprint density at radius 2 is 1.90 bits per heavy atom. The number of hydrogen-bond donors (Lipinski definition) is 1. The molecule has 0 aromatic heterocycles. The zero-order valence-corrected chi connectivity index (χ0v) is 17.5. The van der Waals surface area contributed by atoms with Crippen molar-refractivity contribution in [3.05, 3.63) is 64.7 Å². The third kappa shape index (κ3) is 5.92. The molecule has 1 atom stereocenters. The van der Waals surface area contributed by atoms with Gasteiger partial charge in [0, 0.05) is 17.7 Å². The Morgan fingerprint density at radius 1 is 1.10 bits per heavy atom. The molecule has 0 spiro atoms. The molecule has 2 aromatic rings. The Kier molecular flexibility index (Phi) is 7.60. The molecule has 2 aromatic carbocycles. The van der Waals surface area contributed by atoms with Crippen molar-refractivity contribution in [1.82, 2.24) is 0 Å². The van der Waals surface area contributed by atoms with Crippen LogP contribution in [-0.4, -0.2) is 31.3 Å². The summed E-state index contributed by atoms with van der Waals surface area (Å²) in [6, 6.07) is 13.2. The van der Waals surface area contributed by atoms with Gasteiger partial charge in [0.05, 0.1) is 12.8 Å². The lowest BCUT2D eigenvalue weighted by Crippen LogP contribution is -2.19. The molecule has 1 amide bonds. The predicted octanol–water partition coefficient (Wildman–Crippen LogP) is 4.37. The second kappa shape index (κ2) is 10.6. The van der Waals surface area contributed by atoms with Gasteiger partial charge in [-0.15, -0.1) is 0 Å². The summed E-state index contributed by atoms with van der Waals surface area (Å²) in [5.41, 5.74) is 4.67. The van der Waals surface area contributed by atoms with E-state index in [4.69, 9.17) is 9.57 Å². The van der Waals surface area contributed by atoms with E-state index in [0.717, 1.165) is 30.5 Å². The minimum absolute atomic E-state index is 0.134. The van der Waals surface area contributed by atoms with Crippen molar-refractivity contribution in [3.8, 4) is 0 Å². The lowest BCUT2D eigenvalue weighted by atomic mass is 9.82. The van der Waals surface area contributed by atoms with Crippen LogP contribution >= 0.6 is 0 Å². The highest BCUT2D eigenvalue weighted by Crippen LogP contribution is 2.30. The summed E-state index contributed by atoms with van der Waals surface area (Å²) in [5, 5.41) is 6.79. The van der Waals surface area contributed by atoms with Gasteiger partial charge in [0.25, 0.3) is 5.91 Å². The molecule has 0 bridgehead atoms. The van der Waals surface area contributed by atoms with E-state index in [-0.39, 0.29) is 17.8 Å². The highest BCUT2D eigenvalue weighted by molar-refractivity contribution is 6.04. The summed E-state index contributed by atoms with van der Waals surface area (Å²) < 4.78 is 5.08. The molecule has 3 rings (SSSR count). The van der Waals surface area contributed by atoms with E-state index in [9.17, 15) is 9.59 Å². The number of fused-ring (bicyclic) bond motifs is 1. The van der Waals surface area contributed by atoms with Crippen LogP contribution in [0.4, 0.5) is 5.69 Å². The Balaban J connectivity index is 1.62. The van der Waals surface area contributed by atoms with Gasteiger partial charge < -0.3 is 14.9 Å². The first-order valence-electron chi connectivity index (χ1n) is 10.4. The van der Waals surface area contributed by atoms with E-state index in [1.165, 1.54) is 11.1 Å². The van der Waals surface area contributed by atoms with Gasteiger partial charge in [0.15, 0.2) is 0 Å². The maximum Gasteiger partial charge on any atom is 0.306 e. The molecule has 0 fully saturated rings. The fraction of sp³-hybridized carbons (Fsp3) is 0.375. The Morgan fingerprint density at radius 3 is 2.63 bits per heavy atom. The van der Waals surface area contributed by atoms with Crippen LogP contribution in [0.5, 0.6) is 0 Å². The van der Waals surface area contributed by atoms with Crippen LogP contribution in [0.2, 0.25) is 0 Å². The maximum atomic E-state index is 12.6. The van der Waals surface area contributed by atoms with Gasteiger partial charge in [-0.05, 0) is 80.0 Å². The van der Waals surface area contributed by atoms with Crippen molar-refractivity contribution >= 4 is 23.8 Å². The van der Waals surface area contributed by atoms with E-state index in [2.05, 4.69) is 16.5 Å². The molecule has 1 aliphatic carbocycles. The van der Waals surface area contributed by atoms with Gasteiger partial charge in [0.2, 0.25) is 0 Å². The standard InChI is InChI=1S/C24H28N2O4/c1-3-29-23(27)14-18-7-8-19-11-12-22(15-21(19)13-18)26-24(28)20-9-5-17(6-10-20)16-25-30-4-2/h5-6,9-12,15-16,18H,3-4,7-8,13-14H2,1-2H3,(H,26,28). The zero-order valence-electron chi connectivity index (χ0n) is 17.5. The van der Waals surface area contributed by atoms with Crippen molar-refractivity contribution in [2.75, 3.05) is 18.5 Å². The summed E-state index contributed by atoms with van der Waals surface area (Å²) in [4.78, 5) is 29.3. The van der Waals surface area contributed by atoms with Crippen molar-refractivity contribution in [2.45, 2.75) is 39.5 Å². The molecular formula is C24H28N2O4. The second-order valence-corrected chi connectivity index (χ2v) is 7.33. The van der Waals surface area contributed by atoms with E-state index < -0.39 is 0 Å². The van der Waals surface area contributed by atoms with Crippen LogP contribution in [0.15, 0.2) is 47.6 Å². The fourth-order valence-electron chi connectivity index (χ4n) is 3.64. The summed E-state index contributed by atoms with van der Waals surface area (Å²) in [6.45, 7) is 4.62. The fourth-order valence-corrected chi connectivity index (χ4v) is 3.64. The molecular weight excluding hydrogens is 380 g/mol. The number of esters is 1. The lowest BCUT2D eigenvalue weighted by molar-refractivity contribution is -0.144. The smallest absolute Gasteiger partial charge is 0.306 e. The molecule has 0 aliphatic heterocycles. The summed E-state index contributed by atoms with van der Waals surface area (Å²) in [6.07, 6.45) is 4.81. The number of rotatable bonds is 8. The highest BCUT2D eigenvalue weighted by Gasteiger charge is 2.22. The third-order valence-electron chi connectivity index (χ3n) is 5.13. The van der Waals surface area contributed by atoms with Gasteiger partial charge in [-0.2, -0.15) is 0 Å². The van der Waals surface area contributed by atoms with E-state index in [1.54, 1.807) is 18.3 Å². The first kappa shape index (κ1) is 21.6. The molecule has 30 heavy (non-hydrogen) atoms. The number of carbonyl (C=O) groups excluding carboxylic acids is 2. The topological polar surface area (TPSA) is 77.0 Å². The number of ether oxygens (including phenoxy) is 1. The third-order valence-corrected chi connectivity index (χ3v) is 5.13. The lowest BCUT2D eigenvalue weighted by Gasteiger charge is -2.24. The summed E-state index contributed by atoms with van der Waals surface area (Å²) >= 11 is 0. The zero-order chi connectivity index (χ0) is 21.3. The summed E-state index contributed by atoms with van der Waals surface area (Å²) in [7, 11) is 0. The normalized spacial score (nSPS) is 15.5. The molecule has 158 valence electrons. The average Bonchev–Trinajstić information content (AvgIpc) is 2.74. The molecule has 1 unspecified atom stereocenters. The number of anilines is 1. The van der Waals surface area contributed by atoms with Crippen LogP contribution in [-0.2, 0) is 27.2 Å². The number of oxime groups is 1. The minimum Gasteiger partial charge on any atom is -0.466 e. The number of benzene rings is 2. The van der Waals surface area contributed by atoms with E-state index in [1.807, 2.05) is 38.1 Å². The quantitative estimate of drug-likeness (QED) is 0.400. The molecule has 0 saturated carbocycles. The number of nitrogens with one attached hydrogen (secondary N) is 1. The number of aryl methyl sites for hydroxylation is 1. The maximum absolute atomic E-state index is 12.6. The second-order valence-electron chi connectivity index (χ2n) is 7.33. The molecule has 0 radical (unpaired) electrons. The molecule has 0 saturated heterocycles. The predicted molar refractivity (Wildman–Crippen MR) is 117 cm³/mol. The summed E-state index contributed by atoms with van der Waals surface area (Å²) in [5.74, 6) is -0.0133. The molecule has 1 aliphatic rings. The van der Waals surface area contributed by atoms with Gasteiger partial charge in [0.1, 0.15) is 6.61 Å². The van der Waals surface area contributed by atoms with Crippen LogP contribution in [0.25, 0.3) is 0 Å². The van der Waals surface area contributed by atoms with Crippen molar-refractivity contribution in [1.29, 1.82) is 0 Å². The van der Waals surface area contributed by atoms with Crippen LogP contribution in [0, 0.1) is 5.92 Å². The van der Waals surface area contributed by atoms with Crippen LogP contribution < -0.4 is 5.32 Å². The number of carbonyl (C=O) groups is 2. The van der Waals surface area contributed by atoms with Gasteiger partial charge in [-0.25, -0.2) is 0 Å². The first-order chi connectivity index (χ1) is 14.6. The van der Waals surface area contributed by atoms with E-state index in [0.29, 0.717) is 25.2 Å². The average molecular weight is 408 g/mol. The van der Waals surface area contributed by atoms with Crippen LogP contribution in [0.1, 0.15) is 53.7 Å². The van der Waals surface area contributed by atoms with Gasteiger partial charge in [-0.3, -0.25) is 9.59 Å². The highest BCUT2D eigenvalue weighted by atomic mass is 16.6. The Bertz CT molecular complexity index is 906. The van der Waals surface area contributed by atoms with Crippen molar-refractivity contribution in [2.24, 2.45) is 11.1 Å². The first-order valence-corrected chi connectivity index (χ1v) is 10.4.